The fourth-order valence-electron chi connectivity index (χ4n) is 3.38. The maximum absolute atomic E-state index is 12.7. The highest BCUT2D eigenvalue weighted by molar-refractivity contribution is 6.05. The molecule has 0 radical (unpaired) electrons. The molecule has 0 fully saturated rings. The van der Waals surface area contributed by atoms with Crippen molar-refractivity contribution < 1.29 is 4.79 Å². The van der Waals surface area contributed by atoms with Gasteiger partial charge < -0.3 is 15.1 Å². The SMILES string of the molecule is CN(C)CCN(C)c1cnc2cc(NC(=O)c3ccc(-c4ccccc4)cc3)ccc2n1. The summed E-state index contributed by atoms with van der Waals surface area (Å²) < 4.78 is 0. The first kappa shape index (κ1) is 21.5. The molecule has 0 atom stereocenters. The van der Waals surface area contributed by atoms with Crippen LogP contribution in [0.3, 0.4) is 0 Å². The van der Waals surface area contributed by atoms with E-state index in [2.05, 4.69) is 32.2 Å². The van der Waals surface area contributed by atoms with Gasteiger partial charge in [0.1, 0.15) is 5.82 Å². The molecule has 4 aromatic rings. The van der Waals surface area contributed by atoms with E-state index in [0.29, 0.717) is 11.3 Å². The molecule has 0 saturated heterocycles. The van der Waals surface area contributed by atoms with Gasteiger partial charge in [-0.25, -0.2) is 4.98 Å². The molecule has 1 N–H and O–H groups in total. The number of nitrogens with zero attached hydrogens (tertiary/aromatic N) is 4. The van der Waals surface area contributed by atoms with Gasteiger partial charge in [0.05, 0.1) is 17.2 Å². The molecule has 0 unspecified atom stereocenters. The molecule has 0 saturated carbocycles. The summed E-state index contributed by atoms with van der Waals surface area (Å²) in [7, 11) is 6.11. The van der Waals surface area contributed by atoms with Crippen LogP contribution in [0.2, 0.25) is 0 Å². The van der Waals surface area contributed by atoms with Crippen LogP contribution in [0.25, 0.3) is 22.2 Å². The molecule has 0 aliphatic heterocycles. The van der Waals surface area contributed by atoms with Gasteiger partial charge in [-0.05, 0) is 55.6 Å². The average molecular weight is 426 g/mol. The Hall–Kier alpha value is -3.77. The number of carbonyl (C=O) groups is 1. The van der Waals surface area contributed by atoms with E-state index in [1.807, 2.05) is 81.8 Å². The first-order valence-corrected chi connectivity index (χ1v) is 10.6. The molecule has 0 bridgehead atoms. The van der Waals surface area contributed by atoms with Crippen molar-refractivity contribution >= 4 is 28.4 Å². The van der Waals surface area contributed by atoms with Gasteiger partial charge in [-0.2, -0.15) is 0 Å². The Labute approximate surface area is 188 Å². The molecule has 6 nitrogen and oxygen atoms in total. The Morgan fingerprint density at radius 2 is 1.56 bits per heavy atom. The third-order valence-corrected chi connectivity index (χ3v) is 5.32. The number of rotatable bonds is 7. The molecule has 1 aromatic heterocycles. The van der Waals surface area contributed by atoms with Crippen molar-refractivity contribution in [2.24, 2.45) is 0 Å². The van der Waals surface area contributed by atoms with Crippen LogP contribution in [0.1, 0.15) is 10.4 Å². The fraction of sp³-hybridized carbons (Fsp3) is 0.192. The molecular weight excluding hydrogens is 398 g/mol. The zero-order valence-electron chi connectivity index (χ0n) is 18.6. The first-order chi connectivity index (χ1) is 15.5. The summed E-state index contributed by atoms with van der Waals surface area (Å²) in [5, 5.41) is 2.96. The lowest BCUT2D eigenvalue weighted by atomic mass is 10.0. The Bertz CT molecular complexity index is 1210. The van der Waals surface area contributed by atoms with E-state index in [0.717, 1.165) is 41.1 Å². The van der Waals surface area contributed by atoms with Crippen LogP contribution in [-0.4, -0.2) is 55.0 Å². The van der Waals surface area contributed by atoms with Crippen LogP contribution in [0.4, 0.5) is 11.5 Å². The van der Waals surface area contributed by atoms with Crippen LogP contribution in [0.5, 0.6) is 0 Å². The summed E-state index contributed by atoms with van der Waals surface area (Å²) in [5.74, 6) is 0.673. The van der Waals surface area contributed by atoms with Crippen molar-refractivity contribution in [3.8, 4) is 11.1 Å². The van der Waals surface area contributed by atoms with Gasteiger partial charge in [-0.15, -0.1) is 0 Å². The monoisotopic (exact) mass is 425 g/mol. The van der Waals surface area contributed by atoms with Gasteiger partial charge in [0.2, 0.25) is 0 Å². The number of fused-ring (bicyclic) bond motifs is 1. The maximum atomic E-state index is 12.7. The summed E-state index contributed by atoms with van der Waals surface area (Å²) >= 11 is 0. The summed E-state index contributed by atoms with van der Waals surface area (Å²) in [5.41, 5.74) is 5.04. The molecule has 6 heteroatoms. The van der Waals surface area contributed by atoms with E-state index in [-0.39, 0.29) is 5.91 Å². The first-order valence-electron chi connectivity index (χ1n) is 10.6. The molecule has 162 valence electrons. The lowest BCUT2D eigenvalue weighted by Crippen LogP contribution is -2.29. The lowest BCUT2D eigenvalue weighted by Gasteiger charge is -2.20. The Balaban J connectivity index is 1.45. The minimum absolute atomic E-state index is 0.156. The van der Waals surface area contributed by atoms with Gasteiger partial charge in [0.15, 0.2) is 0 Å². The zero-order valence-corrected chi connectivity index (χ0v) is 18.6. The second-order valence-corrected chi connectivity index (χ2v) is 8.05. The number of amides is 1. The minimum atomic E-state index is -0.156. The lowest BCUT2D eigenvalue weighted by molar-refractivity contribution is 0.102. The Kier molecular flexibility index (Phi) is 6.42. The van der Waals surface area contributed by atoms with Crippen LogP contribution in [0, 0.1) is 0 Å². The highest BCUT2D eigenvalue weighted by Crippen LogP contribution is 2.21. The molecule has 4 rings (SSSR count). The van der Waals surface area contributed by atoms with Crippen molar-refractivity contribution in [3.05, 3.63) is 84.6 Å². The molecular formula is C26H27N5O. The van der Waals surface area contributed by atoms with Gasteiger partial charge >= 0.3 is 0 Å². The van der Waals surface area contributed by atoms with Crippen molar-refractivity contribution in [1.82, 2.24) is 14.9 Å². The zero-order chi connectivity index (χ0) is 22.5. The van der Waals surface area contributed by atoms with Crippen LogP contribution in [0.15, 0.2) is 79.0 Å². The van der Waals surface area contributed by atoms with Crippen LogP contribution >= 0.6 is 0 Å². The second-order valence-electron chi connectivity index (χ2n) is 8.05. The molecule has 1 amide bonds. The van der Waals surface area contributed by atoms with Gasteiger partial charge in [-0.1, -0.05) is 42.5 Å². The average Bonchev–Trinajstić information content (AvgIpc) is 2.82. The molecule has 0 aliphatic rings. The highest BCUT2D eigenvalue weighted by Gasteiger charge is 2.09. The third kappa shape index (κ3) is 5.10. The number of hydrogen-bond acceptors (Lipinski definition) is 5. The second kappa shape index (κ2) is 9.58. The fourth-order valence-corrected chi connectivity index (χ4v) is 3.38. The predicted octanol–water partition coefficient (Wildman–Crippen LogP) is 4.55. The molecule has 32 heavy (non-hydrogen) atoms. The molecule has 0 spiro atoms. The number of aromatic nitrogens is 2. The van der Waals surface area contributed by atoms with E-state index in [1.165, 1.54) is 0 Å². The van der Waals surface area contributed by atoms with Crippen molar-refractivity contribution in [2.75, 3.05) is 44.4 Å². The third-order valence-electron chi connectivity index (χ3n) is 5.32. The number of likely N-dealkylation sites (N-methyl/N-ethyl adjacent to an activating group) is 2. The number of anilines is 2. The summed E-state index contributed by atoms with van der Waals surface area (Å²) in [6.45, 7) is 1.80. The smallest absolute Gasteiger partial charge is 0.255 e. The van der Waals surface area contributed by atoms with E-state index >= 15 is 0 Å². The van der Waals surface area contributed by atoms with E-state index in [1.54, 1.807) is 6.20 Å². The number of benzene rings is 3. The minimum Gasteiger partial charge on any atom is -0.357 e. The van der Waals surface area contributed by atoms with Crippen LogP contribution in [-0.2, 0) is 0 Å². The summed E-state index contributed by atoms with van der Waals surface area (Å²) in [4.78, 5) is 26.2. The van der Waals surface area contributed by atoms with Crippen LogP contribution < -0.4 is 10.2 Å². The molecule has 0 aliphatic carbocycles. The Morgan fingerprint density at radius 1 is 0.844 bits per heavy atom. The van der Waals surface area contributed by atoms with E-state index < -0.39 is 0 Å². The normalized spacial score (nSPS) is 11.0. The quantitative estimate of drug-likeness (QED) is 0.471. The largest absolute Gasteiger partial charge is 0.357 e. The van der Waals surface area contributed by atoms with Crippen molar-refractivity contribution in [2.45, 2.75) is 0 Å². The molecule has 1 heterocycles. The van der Waals surface area contributed by atoms with Gasteiger partial charge in [0, 0.05) is 31.4 Å². The van der Waals surface area contributed by atoms with E-state index in [9.17, 15) is 4.79 Å². The molecule has 3 aromatic carbocycles. The van der Waals surface area contributed by atoms with Crippen molar-refractivity contribution in [3.63, 3.8) is 0 Å². The predicted molar refractivity (Wildman–Crippen MR) is 131 cm³/mol. The highest BCUT2D eigenvalue weighted by atomic mass is 16.1. The number of hydrogen-bond donors (Lipinski definition) is 1. The van der Waals surface area contributed by atoms with E-state index in [4.69, 9.17) is 4.98 Å². The van der Waals surface area contributed by atoms with Crippen molar-refractivity contribution in [1.29, 1.82) is 0 Å². The summed E-state index contributed by atoms with van der Waals surface area (Å²) in [6, 6.07) is 23.3. The maximum Gasteiger partial charge on any atom is 0.255 e. The van der Waals surface area contributed by atoms with Gasteiger partial charge in [-0.3, -0.25) is 9.78 Å². The van der Waals surface area contributed by atoms with Gasteiger partial charge in [0.25, 0.3) is 5.91 Å². The number of nitrogens with one attached hydrogen (secondary N) is 1. The number of carbonyl (C=O) groups excluding carboxylic acids is 1. The topological polar surface area (TPSA) is 61.4 Å². The standard InChI is InChI=1S/C26H27N5O/c1-30(2)15-16-31(3)25-18-27-24-17-22(13-14-23(24)29-25)28-26(32)21-11-9-20(10-12-21)19-7-5-4-6-8-19/h4-14,17-18H,15-16H2,1-3H3,(H,28,32). The Morgan fingerprint density at radius 3 is 2.28 bits per heavy atom. The summed E-state index contributed by atoms with van der Waals surface area (Å²) in [6.07, 6.45) is 1.77.